The third-order valence-corrected chi connectivity index (χ3v) is 5.23. The van der Waals surface area contributed by atoms with Gasteiger partial charge in [0, 0.05) is 37.3 Å². The van der Waals surface area contributed by atoms with Crippen LogP contribution in [0.4, 0.5) is 18.0 Å². The fraction of sp³-hybridized carbons (Fsp3) is 0.300. The summed E-state index contributed by atoms with van der Waals surface area (Å²) in [7, 11) is 1.55. The minimum Gasteiger partial charge on any atom is -0.490 e. The standard InChI is InChI=1S/C20H16F3IN4O4/c1-28-16-7-17(31-10-12(27-19(30)32-24)2-4-20(21,22)23)11(8-25)6-14(16)13-3-5-26-9-15(13)18(28)29/h3,5-7,9,12H,2,4,10H2,1H3,(H,27,30). The molecule has 0 saturated carbocycles. The van der Waals surface area contributed by atoms with Crippen molar-refractivity contribution in [3.63, 3.8) is 0 Å². The fourth-order valence-corrected chi connectivity index (χ4v) is 3.40. The first-order valence-electron chi connectivity index (χ1n) is 9.23. The summed E-state index contributed by atoms with van der Waals surface area (Å²) in [6.45, 7) is -0.340. The fourth-order valence-electron chi connectivity index (χ4n) is 3.27. The van der Waals surface area contributed by atoms with Crippen LogP contribution in [0, 0.1) is 11.3 Å². The number of hydrogen-bond acceptors (Lipinski definition) is 6. The number of halogens is 4. The highest BCUT2D eigenvalue weighted by molar-refractivity contribution is 14.1. The number of nitriles is 1. The van der Waals surface area contributed by atoms with Gasteiger partial charge in [0.25, 0.3) is 5.56 Å². The molecular weight excluding hydrogens is 544 g/mol. The Morgan fingerprint density at radius 3 is 2.75 bits per heavy atom. The summed E-state index contributed by atoms with van der Waals surface area (Å²) in [5.74, 6) is 0.0741. The van der Waals surface area contributed by atoms with Gasteiger partial charge in [-0.1, -0.05) is 0 Å². The highest BCUT2D eigenvalue weighted by atomic mass is 127. The molecule has 0 bridgehead atoms. The molecule has 0 fully saturated rings. The molecule has 0 spiro atoms. The molecule has 1 N–H and O–H groups in total. The Kier molecular flexibility index (Phi) is 7.07. The molecule has 0 radical (unpaired) electrons. The zero-order valence-electron chi connectivity index (χ0n) is 16.6. The van der Waals surface area contributed by atoms with Crippen molar-refractivity contribution in [2.45, 2.75) is 25.1 Å². The van der Waals surface area contributed by atoms with Crippen molar-refractivity contribution in [3.05, 3.63) is 46.5 Å². The van der Waals surface area contributed by atoms with Gasteiger partial charge < -0.3 is 17.7 Å². The smallest absolute Gasteiger partial charge is 0.417 e. The first kappa shape index (κ1) is 23.6. The molecule has 2 aromatic heterocycles. The number of rotatable bonds is 6. The number of carbonyl (C=O) groups is 1. The molecule has 0 saturated heterocycles. The maximum Gasteiger partial charge on any atom is 0.417 e. The number of alkyl halides is 3. The Hall–Kier alpha value is -3.08. The van der Waals surface area contributed by atoms with Crippen LogP contribution in [0.5, 0.6) is 5.75 Å². The van der Waals surface area contributed by atoms with E-state index in [0.717, 1.165) is 0 Å². The van der Waals surface area contributed by atoms with Crippen LogP contribution in [0.2, 0.25) is 0 Å². The molecule has 8 nitrogen and oxygen atoms in total. The van der Waals surface area contributed by atoms with Crippen LogP contribution in [-0.4, -0.2) is 34.5 Å². The van der Waals surface area contributed by atoms with Crippen LogP contribution < -0.4 is 15.6 Å². The molecule has 2 heterocycles. The predicted molar refractivity (Wildman–Crippen MR) is 117 cm³/mol. The number of carbonyl (C=O) groups excluding carboxylic acids is 1. The van der Waals surface area contributed by atoms with Gasteiger partial charge in [-0.25, -0.2) is 4.79 Å². The molecule has 32 heavy (non-hydrogen) atoms. The van der Waals surface area contributed by atoms with Crippen molar-refractivity contribution < 1.29 is 25.8 Å². The van der Waals surface area contributed by atoms with Gasteiger partial charge in [0.1, 0.15) is 18.4 Å². The first-order chi connectivity index (χ1) is 15.1. The number of hydrogen-bond donors (Lipinski definition) is 1. The Balaban J connectivity index is 1.97. The predicted octanol–water partition coefficient (Wildman–Crippen LogP) is 4.12. The SMILES string of the molecule is Cn1c(=O)c2cnccc2c2cc(C#N)c(OCC(CCC(F)(F)F)NC(=O)OI)cc21. The van der Waals surface area contributed by atoms with Gasteiger partial charge in [-0.3, -0.25) is 9.78 Å². The highest BCUT2D eigenvalue weighted by Crippen LogP contribution is 2.30. The maximum atomic E-state index is 12.7. The normalized spacial score (nSPS) is 12.4. The van der Waals surface area contributed by atoms with Gasteiger partial charge in [-0.05, 0) is 23.9 Å². The van der Waals surface area contributed by atoms with Crippen LogP contribution in [0.3, 0.4) is 0 Å². The summed E-state index contributed by atoms with van der Waals surface area (Å²) in [6.07, 6.45) is -3.94. The lowest BCUT2D eigenvalue weighted by atomic mass is 10.0. The van der Waals surface area contributed by atoms with E-state index in [1.54, 1.807) is 19.2 Å². The van der Waals surface area contributed by atoms with Gasteiger partial charge in [-0.2, -0.15) is 18.4 Å². The van der Waals surface area contributed by atoms with E-state index >= 15 is 0 Å². The number of aromatic nitrogens is 2. The second-order valence-corrected chi connectivity index (χ2v) is 7.37. The van der Waals surface area contributed by atoms with E-state index in [4.69, 9.17) is 4.74 Å². The lowest BCUT2D eigenvalue weighted by Crippen LogP contribution is -2.39. The Bertz CT molecular complexity index is 1270. The lowest BCUT2D eigenvalue weighted by molar-refractivity contribution is -0.136. The highest BCUT2D eigenvalue weighted by Gasteiger charge is 2.29. The topological polar surface area (TPSA) is 106 Å². The summed E-state index contributed by atoms with van der Waals surface area (Å²) in [4.78, 5) is 28.1. The summed E-state index contributed by atoms with van der Waals surface area (Å²) in [5, 5.41) is 13.5. The van der Waals surface area contributed by atoms with Gasteiger partial charge in [0.05, 0.1) is 22.5 Å². The average molecular weight is 560 g/mol. The van der Waals surface area contributed by atoms with Crippen molar-refractivity contribution in [2.75, 3.05) is 6.61 Å². The van der Waals surface area contributed by atoms with E-state index in [-0.39, 0.29) is 23.5 Å². The number of benzene rings is 1. The Labute approximate surface area is 193 Å². The Morgan fingerprint density at radius 2 is 2.09 bits per heavy atom. The first-order valence-corrected chi connectivity index (χ1v) is 10.1. The molecule has 0 aliphatic carbocycles. The van der Waals surface area contributed by atoms with E-state index in [0.29, 0.717) is 21.7 Å². The van der Waals surface area contributed by atoms with Gasteiger partial charge >= 0.3 is 12.3 Å². The van der Waals surface area contributed by atoms with Crippen LogP contribution >= 0.6 is 23.0 Å². The number of pyridine rings is 2. The van der Waals surface area contributed by atoms with Gasteiger partial charge in [0.2, 0.25) is 0 Å². The second-order valence-electron chi connectivity index (χ2n) is 6.93. The largest absolute Gasteiger partial charge is 0.490 e. The molecule has 3 rings (SSSR count). The molecule has 168 valence electrons. The molecule has 12 heteroatoms. The Morgan fingerprint density at radius 1 is 1.34 bits per heavy atom. The van der Waals surface area contributed by atoms with Crippen LogP contribution in [0.25, 0.3) is 21.7 Å². The third-order valence-electron chi connectivity index (χ3n) is 4.83. The number of fused-ring (bicyclic) bond motifs is 3. The average Bonchev–Trinajstić information content (AvgIpc) is 2.77. The summed E-state index contributed by atoms with van der Waals surface area (Å²) < 4.78 is 49.3. The molecule has 1 unspecified atom stereocenters. The lowest BCUT2D eigenvalue weighted by Gasteiger charge is -2.20. The minimum absolute atomic E-state index is 0.0741. The number of aryl methyl sites for hydroxylation is 1. The molecule has 1 atom stereocenters. The number of amides is 1. The number of ether oxygens (including phenoxy) is 1. The van der Waals surface area contributed by atoms with Crippen LogP contribution in [0.15, 0.2) is 35.4 Å². The second kappa shape index (κ2) is 9.60. The van der Waals surface area contributed by atoms with Crippen molar-refractivity contribution >= 4 is 50.8 Å². The van der Waals surface area contributed by atoms with E-state index < -0.39 is 31.2 Å². The zero-order chi connectivity index (χ0) is 23.5. The number of nitrogens with zero attached hydrogens (tertiary/aromatic N) is 3. The quantitative estimate of drug-likeness (QED) is 0.359. The third kappa shape index (κ3) is 5.21. The van der Waals surface area contributed by atoms with E-state index in [2.05, 4.69) is 13.4 Å². The van der Waals surface area contributed by atoms with E-state index in [9.17, 15) is 28.0 Å². The number of nitrogens with one attached hydrogen (secondary N) is 1. The maximum absolute atomic E-state index is 12.7. The van der Waals surface area contributed by atoms with E-state index in [1.807, 2.05) is 6.07 Å². The summed E-state index contributed by atoms with van der Waals surface area (Å²) in [5.41, 5.74) is 0.292. The van der Waals surface area contributed by atoms with Crippen molar-refractivity contribution in [3.8, 4) is 11.8 Å². The van der Waals surface area contributed by atoms with E-state index in [1.165, 1.54) is 46.0 Å². The molecule has 3 aromatic rings. The van der Waals surface area contributed by atoms with Crippen LogP contribution in [-0.2, 0) is 10.1 Å². The molecule has 1 amide bonds. The molecular formula is C20H16F3IN4O4. The molecule has 1 aromatic carbocycles. The van der Waals surface area contributed by atoms with Gasteiger partial charge in [-0.15, -0.1) is 0 Å². The summed E-state index contributed by atoms with van der Waals surface area (Å²) >= 11 is 1.31. The van der Waals surface area contributed by atoms with Crippen molar-refractivity contribution in [2.24, 2.45) is 7.05 Å². The van der Waals surface area contributed by atoms with Crippen LogP contribution in [0.1, 0.15) is 18.4 Å². The van der Waals surface area contributed by atoms with Crippen molar-refractivity contribution in [1.29, 1.82) is 5.26 Å². The minimum atomic E-state index is -4.41. The monoisotopic (exact) mass is 560 g/mol. The molecule has 0 aliphatic heterocycles. The van der Waals surface area contributed by atoms with Gasteiger partial charge in [0.15, 0.2) is 23.0 Å². The summed E-state index contributed by atoms with van der Waals surface area (Å²) in [6, 6.07) is 5.66. The van der Waals surface area contributed by atoms with Crippen molar-refractivity contribution in [1.82, 2.24) is 14.9 Å². The molecule has 0 aliphatic rings. The zero-order valence-corrected chi connectivity index (χ0v) is 18.7.